The van der Waals surface area contributed by atoms with Gasteiger partial charge in [0.1, 0.15) is 29.3 Å². The molecule has 3 aromatic rings. The Morgan fingerprint density at radius 3 is 2.76 bits per heavy atom. The summed E-state index contributed by atoms with van der Waals surface area (Å²) in [5.41, 5.74) is 2.25. The lowest BCUT2D eigenvalue weighted by Crippen LogP contribution is -2.38. The van der Waals surface area contributed by atoms with Crippen molar-refractivity contribution in [3.8, 4) is 11.5 Å². The van der Waals surface area contributed by atoms with E-state index in [0.717, 1.165) is 22.3 Å². The van der Waals surface area contributed by atoms with E-state index >= 15 is 0 Å². The molecule has 0 saturated carbocycles. The van der Waals surface area contributed by atoms with E-state index in [1.54, 1.807) is 7.11 Å². The van der Waals surface area contributed by atoms with Gasteiger partial charge < -0.3 is 18.8 Å². The Bertz CT molecular complexity index is 1110. The number of nitrogens with zero attached hydrogens (tertiary/aromatic N) is 1. The number of para-hydroxylation sites is 1. The van der Waals surface area contributed by atoms with Crippen molar-refractivity contribution in [3.05, 3.63) is 46.1 Å². The van der Waals surface area contributed by atoms with Crippen LogP contribution in [0.3, 0.4) is 0 Å². The lowest BCUT2D eigenvalue weighted by molar-refractivity contribution is 0.0725. The van der Waals surface area contributed by atoms with Crippen LogP contribution < -0.4 is 14.9 Å². The van der Waals surface area contributed by atoms with E-state index in [-0.39, 0.29) is 17.6 Å². The molecule has 3 heterocycles. The van der Waals surface area contributed by atoms with Crippen LogP contribution in [-0.2, 0) is 11.8 Å². The predicted octanol–water partition coefficient (Wildman–Crippen LogP) is 3.31. The molecule has 0 aliphatic carbocycles. The number of aromatic nitrogens is 1. The SMILES string of the molecule is COc1cc2c(c3c1c(=O)c1ccccc1n3C)C1OC1C(C)(C)O2. The van der Waals surface area contributed by atoms with Gasteiger partial charge in [0.25, 0.3) is 0 Å². The molecule has 2 atom stereocenters. The molecule has 0 spiro atoms. The topological polar surface area (TPSA) is 53.0 Å². The van der Waals surface area contributed by atoms with Crippen LogP contribution in [0, 0.1) is 0 Å². The first kappa shape index (κ1) is 14.8. The standard InChI is InChI=1S/C20H19NO4/c1-20(2)19-18(24-19)15-13(25-20)9-12(23-4)14-16(15)21(3)11-8-6-5-7-10(11)17(14)22/h5-9,18-19H,1-4H3. The van der Waals surface area contributed by atoms with Gasteiger partial charge in [0.2, 0.25) is 5.43 Å². The summed E-state index contributed by atoms with van der Waals surface area (Å²) in [6.45, 7) is 4.05. The second-order valence-electron chi connectivity index (χ2n) is 7.30. The van der Waals surface area contributed by atoms with E-state index in [9.17, 15) is 4.79 Å². The van der Waals surface area contributed by atoms with Gasteiger partial charge in [-0.2, -0.15) is 0 Å². The van der Waals surface area contributed by atoms with Gasteiger partial charge in [-0.1, -0.05) is 12.1 Å². The van der Waals surface area contributed by atoms with Gasteiger partial charge in [0, 0.05) is 18.5 Å². The summed E-state index contributed by atoms with van der Waals surface area (Å²) in [7, 11) is 3.56. The first-order chi connectivity index (χ1) is 11.9. The minimum Gasteiger partial charge on any atom is -0.496 e. The quantitative estimate of drug-likeness (QED) is 0.505. The summed E-state index contributed by atoms with van der Waals surface area (Å²) >= 11 is 0. The third-order valence-corrected chi connectivity index (χ3v) is 5.39. The van der Waals surface area contributed by atoms with Gasteiger partial charge in [-0.3, -0.25) is 4.79 Å². The van der Waals surface area contributed by atoms with Crippen molar-refractivity contribution < 1.29 is 14.2 Å². The number of hydrogen-bond acceptors (Lipinski definition) is 4. The Balaban J connectivity index is 2.00. The van der Waals surface area contributed by atoms with Crippen molar-refractivity contribution >= 4 is 21.8 Å². The number of epoxide rings is 1. The zero-order valence-electron chi connectivity index (χ0n) is 14.6. The predicted molar refractivity (Wildman–Crippen MR) is 95.6 cm³/mol. The van der Waals surface area contributed by atoms with E-state index in [4.69, 9.17) is 14.2 Å². The maximum Gasteiger partial charge on any atom is 0.200 e. The molecule has 5 heteroatoms. The monoisotopic (exact) mass is 337 g/mol. The third-order valence-electron chi connectivity index (χ3n) is 5.39. The molecule has 2 aliphatic heterocycles. The van der Waals surface area contributed by atoms with Gasteiger partial charge in [-0.05, 0) is 26.0 Å². The van der Waals surface area contributed by atoms with E-state index in [1.165, 1.54) is 0 Å². The van der Waals surface area contributed by atoms with Crippen LogP contribution in [0.25, 0.3) is 21.8 Å². The highest BCUT2D eigenvalue weighted by molar-refractivity contribution is 5.99. The van der Waals surface area contributed by atoms with Crippen LogP contribution in [0.2, 0.25) is 0 Å². The lowest BCUT2D eigenvalue weighted by Gasteiger charge is -2.31. The lowest BCUT2D eigenvalue weighted by atomic mass is 9.92. The molecule has 2 unspecified atom stereocenters. The van der Waals surface area contributed by atoms with E-state index < -0.39 is 5.60 Å². The van der Waals surface area contributed by atoms with Crippen LogP contribution in [0.5, 0.6) is 11.5 Å². The second-order valence-corrected chi connectivity index (χ2v) is 7.30. The molecule has 1 saturated heterocycles. The number of rotatable bonds is 1. The zero-order valence-corrected chi connectivity index (χ0v) is 14.6. The molecule has 5 rings (SSSR count). The minimum absolute atomic E-state index is 0.0122. The smallest absolute Gasteiger partial charge is 0.200 e. The molecule has 0 bridgehead atoms. The number of aryl methyl sites for hydroxylation is 1. The molecular weight excluding hydrogens is 318 g/mol. The van der Waals surface area contributed by atoms with Crippen molar-refractivity contribution in [2.75, 3.05) is 7.11 Å². The van der Waals surface area contributed by atoms with Gasteiger partial charge in [0.05, 0.1) is 29.1 Å². The van der Waals surface area contributed by atoms with Crippen molar-refractivity contribution in [3.63, 3.8) is 0 Å². The third kappa shape index (κ3) is 1.79. The number of ether oxygens (including phenoxy) is 3. The van der Waals surface area contributed by atoms with Gasteiger partial charge >= 0.3 is 0 Å². The van der Waals surface area contributed by atoms with Gasteiger partial charge in [-0.15, -0.1) is 0 Å². The molecule has 2 aliphatic rings. The summed E-state index contributed by atoms with van der Waals surface area (Å²) in [6, 6.07) is 9.46. The van der Waals surface area contributed by atoms with Crippen LogP contribution in [0.4, 0.5) is 0 Å². The van der Waals surface area contributed by atoms with Crippen molar-refractivity contribution in [2.24, 2.45) is 7.05 Å². The van der Waals surface area contributed by atoms with Crippen molar-refractivity contribution in [2.45, 2.75) is 31.7 Å². The number of hydrogen-bond donors (Lipinski definition) is 0. The molecule has 1 fully saturated rings. The van der Waals surface area contributed by atoms with Crippen molar-refractivity contribution in [1.82, 2.24) is 4.57 Å². The van der Waals surface area contributed by atoms with Crippen LogP contribution in [-0.4, -0.2) is 23.4 Å². The van der Waals surface area contributed by atoms with Gasteiger partial charge in [0.15, 0.2) is 0 Å². The Morgan fingerprint density at radius 2 is 2.00 bits per heavy atom. The molecule has 2 aromatic carbocycles. The Hall–Kier alpha value is -2.53. The van der Waals surface area contributed by atoms with Crippen LogP contribution in [0.15, 0.2) is 35.1 Å². The fraction of sp³-hybridized carbons (Fsp3) is 0.350. The average molecular weight is 337 g/mol. The molecule has 0 amide bonds. The number of pyridine rings is 1. The largest absolute Gasteiger partial charge is 0.496 e. The summed E-state index contributed by atoms with van der Waals surface area (Å²) in [6.07, 6.45) is -0.0305. The molecular formula is C20H19NO4. The highest BCUT2D eigenvalue weighted by atomic mass is 16.6. The fourth-order valence-electron chi connectivity index (χ4n) is 4.14. The molecule has 1 aromatic heterocycles. The van der Waals surface area contributed by atoms with E-state index in [0.29, 0.717) is 16.5 Å². The number of fused-ring (bicyclic) bond motifs is 6. The van der Waals surface area contributed by atoms with E-state index in [1.807, 2.05) is 55.8 Å². The highest BCUT2D eigenvalue weighted by Gasteiger charge is 2.57. The maximum absolute atomic E-state index is 13.2. The second kappa shape index (κ2) is 4.55. The summed E-state index contributed by atoms with van der Waals surface area (Å²) in [4.78, 5) is 13.2. The Morgan fingerprint density at radius 1 is 1.24 bits per heavy atom. The molecule has 25 heavy (non-hydrogen) atoms. The Labute approximate surface area is 144 Å². The summed E-state index contributed by atoms with van der Waals surface area (Å²) < 4.78 is 19.7. The molecule has 5 nitrogen and oxygen atoms in total. The van der Waals surface area contributed by atoms with Crippen LogP contribution in [0.1, 0.15) is 25.5 Å². The highest BCUT2D eigenvalue weighted by Crippen LogP contribution is 2.56. The number of methoxy groups -OCH3 is 1. The zero-order chi connectivity index (χ0) is 17.5. The average Bonchev–Trinajstić information content (AvgIpc) is 3.39. The number of benzene rings is 2. The molecule has 0 N–H and O–H groups in total. The summed E-state index contributed by atoms with van der Waals surface area (Å²) in [5, 5.41) is 1.26. The first-order valence-electron chi connectivity index (χ1n) is 8.41. The molecule has 0 radical (unpaired) electrons. The Kier molecular flexibility index (Phi) is 2.69. The summed E-state index contributed by atoms with van der Waals surface area (Å²) in [5.74, 6) is 1.27. The first-order valence-corrected chi connectivity index (χ1v) is 8.41. The fourth-order valence-corrected chi connectivity index (χ4v) is 4.14. The van der Waals surface area contributed by atoms with Gasteiger partial charge in [-0.25, -0.2) is 0 Å². The normalized spacial score (nSPS) is 23.0. The van der Waals surface area contributed by atoms with Crippen molar-refractivity contribution in [1.29, 1.82) is 0 Å². The van der Waals surface area contributed by atoms with Crippen LogP contribution >= 0.6 is 0 Å². The van der Waals surface area contributed by atoms with E-state index in [2.05, 4.69) is 0 Å². The minimum atomic E-state index is -0.397. The molecule has 128 valence electrons. The maximum atomic E-state index is 13.2.